The normalized spacial score (nSPS) is 10.7. The topological polar surface area (TPSA) is 25.8 Å². The summed E-state index contributed by atoms with van der Waals surface area (Å²) in [7, 11) is 0. The number of hydrogen-bond acceptors (Lipinski definition) is 2. The molecule has 0 atom stereocenters. The monoisotopic (exact) mass is 212 g/mol. The number of pyridine rings is 2. The van der Waals surface area contributed by atoms with Crippen LogP contribution in [0.25, 0.3) is 11.4 Å². The average Bonchev–Trinajstić information content (AvgIpc) is 2.30. The summed E-state index contributed by atoms with van der Waals surface area (Å²) in [4.78, 5) is 8.93. The Hall–Kier alpha value is -1.70. The van der Waals surface area contributed by atoms with Crippen LogP contribution in [-0.2, 0) is 6.42 Å². The minimum Gasteiger partial charge on any atom is -0.255 e. The number of hydrogen-bond donors (Lipinski definition) is 0. The first-order chi connectivity index (χ1) is 7.75. The van der Waals surface area contributed by atoms with Gasteiger partial charge in [0, 0.05) is 11.9 Å². The molecule has 2 aromatic heterocycles. The number of nitrogens with zero attached hydrogens (tertiary/aromatic N) is 2. The first-order valence-electron chi connectivity index (χ1n) is 5.63. The molecule has 0 spiro atoms. The Morgan fingerprint density at radius 3 is 2.50 bits per heavy atom. The van der Waals surface area contributed by atoms with E-state index < -0.39 is 0 Å². The van der Waals surface area contributed by atoms with Crippen molar-refractivity contribution in [2.24, 2.45) is 5.92 Å². The molecule has 2 heterocycles. The van der Waals surface area contributed by atoms with E-state index in [9.17, 15) is 0 Å². The molecule has 0 aromatic carbocycles. The van der Waals surface area contributed by atoms with E-state index in [-0.39, 0.29) is 0 Å². The molecule has 0 unspecified atom stereocenters. The average molecular weight is 212 g/mol. The largest absolute Gasteiger partial charge is 0.255 e. The smallest absolute Gasteiger partial charge is 0.0889 e. The molecule has 2 nitrogen and oxygen atoms in total. The molecule has 0 radical (unpaired) electrons. The van der Waals surface area contributed by atoms with Crippen LogP contribution in [0.5, 0.6) is 0 Å². The first kappa shape index (κ1) is 10.8. The van der Waals surface area contributed by atoms with Gasteiger partial charge in [-0.3, -0.25) is 9.97 Å². The van der Waals surface area contributed by atoms with Gasteiger partial charge in [0.15, 0.2) is 0 Å². The van der Waals surface area contributed by atoms with E-state index in [1.165, 1.54) is 0 Å². The van der Waals surface area contributed by atoms with E-state index in [2.05, 4.69) is 35.9 Å². The van der Waals surface area contributed by atoms with Crippen LogP contribution in [0.15, 0.2) is 42.6 Å². The lowest BCUT2D eigenvalue weighted by Gasteiger charge is -2.06. The van der Waals surface area contributed by atoms with Crippen molar-refractivity contribution in [1.82, 2.24) is 9.97 Å². The highest BCUT2D eigenvalue weighted by molar-refractivity contribution is 5.53. The van der Waals surface area contributed by atoms with E-state index in [0.29, 0.717) is 5.92 Å². The van der Waals surface area contributed by atoms with Crippen molar-refractivity contribution in [2.75, 3.05) is 0 Å². The Bertz CT molecular complexity index is 449. The minimum absolute atomic E-state index is 0.631. The molecule has 0 aliphatic rings. The lowest BCUT2D eigenvalue weighted by Crippen LogP contribution is -1.98. The second-order valence-corrected chi connectivity index (χ2v) is 4.33. The maximum absolute atomic E-state index is 4.62. The quantitative estimate of drug-likeness (QED) is 0.779. The predicted molar refractivity (Wildman–Crippen MR) is 66.0 cm³/mol. The summed E-state index contributed by atoms with van der Waals surface area (Å²) >= 11 is 0. The molecule has 2 heteroatoms. The highest BCUT2D eigenvalue weighted by Crippen LogP contribution is 2.15. The predicted octanol–water partition coefficient (Wildman–Crippen LogP) is 3.34. The molecular formula is C14H16N2. The van der Waals surface area contributed by atoms with E-state index >= 15 is 0 Å². The van der Waals surface area contributed by atoms with Gasteiger partial charge in [0.05, 0.1) is 11.4 Å². The maximum atomic E-state index is 4.62. The molecule has 0 fully saturated rings. The third-order valence-electron chi connectivity index (χ3n) is 2.35. The summed E-state index contributed by atoms with van der Waals surface area (Å²) in [5.74, 6) is 0.631. The fourth-order valence-corrected chi connectivity index (χ4v) is 1.67. The van der Waals surface area contributed by atoms with E-state index in [0.717, 1.165) is 23.5 Å². The van der Waals surface area contributed by atoms with Gasteiger partial charge in [0.1, 0.15) is 0 Å². The maximum Gasteiger partial charge on any atom is 0.0889 e. The molecule has 2 rings (SSSR count). The Balaban J connectivity index is 2.29. The number of rotatable bonds is 3. The molecule has 2 aromatic rings. The van der Waals surface area contributed by atoms with Crippen LogP contribution < -0.4 is 0 Å². The third kappa shape index (κ3) is 2.66. The number of aromatic nitrogens is 2. The Labute approximate surface area is 96.4 Å². The van der Waals surface area contributed by atoms with Crippen molar-refractivity contribution in [3.8, 4) is 11.4 Å². The second kappa shape index (κ2) is 4.88. The van der Waals surface area contributed by atoms with Gasteiger partial charge in [-0.1, -0.05) is 26.0 Å². The minimum atomic E-state index is 0.631. The second-order valence-electron chi connectivity index (χ2n) is 4.33. The van der Waals surface area contributed by atoms with Crippen LogP contribution >= 0.6 is 0 Å². The van der Waals surface area contributed by atoms with Crippen molar-refractivity contribution in [2.45, 2.75) is 20.3 Å². The zero-order valence-corrected chi connectivity index (χ0v) is 9.72. The third-order valence-corrected chi connectivity index (χ3v) is 2.35. The van der Waals surface area contributed by atoms with Crippen molar-refractivity contribution >= 4 is 0 Å². The van der Waals surface area contributed by atoms with Gasteiger partial charge < -0.3 is 0 Å². The van der Waals surface area contributed by atoms with Crippen molar-refractivity contribution in [3.63, 3.8) is 0 Å². The van der Waals surface area contributed by atoms with Crippen LogP contribution in [0.2, 0.25) is 0 Å². The molecule has 82 valence electrons. The van der Waals surface area contributed by atoms with Gasteiger partial charge >= 0.3 is 0 Å². The van der Waals surface area contributed by atoms with Crippen molar-refractivity contribution < 1.29 is 0 Å². The van der Waals surface area contributed by atoms with Crippen LogP contribution in [0, 0.1) is 5.92 Å². The van der Waals surface area contributed by atoms with Gasteiger partial charge in [-0.05, 0) is 36.6 Å². The summed E-state index contributed by atoms with van der Waals surface area (Å²) < 4.78 is 0. The van der Waals surface area contributed by atoms with E-state index in [1.807, 2.05) is 24.3 Å². The molecule has 0 saturated heterocycles. The van der Waals surface area contributed by atoms with E-state index in [1.54, 1.807) is 6.20 Å². The fraction of sp³-hybridized carbons (Fsp3) is 0.286. The van der Waals surface area contributed by atoms with Crippen molar-refractivity contribution in [1.29, 1.82) is 0 Å². The van der Waals surface area contributed by atoms with E-state index in [4.69, 9.17) is 0 Å². The Kier molecular flexibility index (Phi) is 3.30. The zero-order valence-electron chi connectivity index (χ0n) is 9.72. The van der Waals surface area contributed by atoms with Gasteiger partial charge in [-0.25, -0.2) is 0 Å². The Morgan fingerprint density at radius 2 is 1.81 bits per heavy atom. The highest BCUT2D eigenvalue weighted by Gasteiger charge is 2.03. The first-order valence-corrected chi connectivity index (χ1v) is 5.63. The summed E-state index contributed by atoms with van der Waals surface area (Å²) in [5.41, 5.74) is 3.03. The lowest BCUT2D eigenvalue weighted by atomic mass is 10.1. The summed E-state index contributed by atoms with van der Waals surface area (Å²) in [6.07, 6.45) is 2.81. The summed E-state index contributed by atoms with van der Waals surface area (Å²) in [5, 5.41) is 0. The van der Waals surface area contributed by atoms with Crippen LogP contribution in [0.4, 0.5) is 0 Å². The van der Waals surface area contributed by atoms with Crippen molar-refractivity contribution in [3.05, 3.63) is 48.3 Å². The highest BCUT2D eigenvalue weighted by atomic mass is 14.8. The molecule has 0 aliphatic heterocycles. The summed E-state index contributed by atoms with van der Waals surface area (Å²) in [6, 6.07) is 12.0. The van der Waals surface area contributed by atoms with Gasteiger partial charge in [0.25, 0.3) is 0 Å². The Morgan fingerprint density at radius 1 is 1.00 bits per heavy atom. The van der Waals surface area contributed by atoms with Gasteiger partial charge in [0.2, 0.25) is 0 Å². The standard InChI is InChI=1S/C14H16N2/c1-11(2)10-12-6-5-8-14(16-12)13-7-3-4-9-15-13/h3-9,11H,10H2,1-2H3. The molecule has 0 aliphatic carbocycles. The van der Waals surface area contributed by atoms with Crippen LogP contribution in [0.1, 0.15) is 19.5 Å². The zero-order chi connectivity index (χ0) is 11.4. The molecule has 0 amide bonds. The van der Waals surface area contributed by atoms with Gasteiger partial charge in [-0.2, -0.15) is 0 Å². The molecular weight excluding hydrogens is 196 g/mol. The molecule has 0 saturated carbocycles. The molecule has 16 heavy (non-hydrogen) atoms. The van der Waals surface area contributed by atoms with Crippen LogP contribution in [-0.4, -0.2) is 9.97 Å². The lowest BCUT2D eigenvalue weighted by molar-refractivity contribution is 0.636. The summed E-state index contributed by atoms with van der Waals surface area (Å²) in [6.45, 7) is 4.41. The van der Waals surface area contributed by atoms with Gasteiger partial charge in [-0.15, -0.1) is 0 Å². The molecule has 0 bridgehead atoms. The fourth-order valence-electron chi connectivity index (χ4n) is 1.67. The SMILES string of the molecule is CC(C)Cc1cccc(-c2ccccn2)n1. The van der Waals surface area contributed by atoms with Crippen LogP contribution in [0.3, 0.4) is 0 Å². The molecule has 0 N–H and O–H groups in total.